The molecular formula is C23H23N3O4. The molecule has 1 aromatic heterocycles. The Morgan fingerprint density at radius 1 is 1.03 bits per heavy atom. The van der Waals surface area contributed by atoms with Crippen LogP contribution in [0.3, 0.4) is 0 Å². The van der Waals surface area contributed by atoms with Crippen LogP contribution in [-0.4, -0.2) is 28.3 Å². The van der Waals surface area contributed by atoms with Gasteiger partial charge in [-0.15, -0.1) is 0 Å². The Labute approximate surface area is 174 Å². The first kappa shape index (κ1) is 21.0. The molecule has 0 aliphatic carbocycles. The number of nitrogens with zero attached hydrogens (tertiary/aromatic N) is 2. The van der Waals surface area contributed by atoms with E-state index >= 15 is 0 Å². The maximum atomic E-state index is 12.6. The van der Waals surface area contributed by atoms with Gasteiger partial charge < -0.3 is 10.1 Å². The molecule has 0 aliphatic heterocycles. The first-order chi connectivity index (χ1) is 14.6. The summed E-state index contributed by atoms with van der Waals surface area (Å²) >= 11 is 0. The van der Waals surface area contributed by atoms with Gasteiger partial charge in [0.2, 0.25) is 5.91 Å². The molecule has 154 valence electrons. The van der Waals surface area contributed by atoms with Crippen LogP contribution in [-0.2, 0) is 16.0 Å². The van der Waals surface area contributed by atoms with E-state index in [0.717, 1.165) is 16.7 Å². The second-order valence-corrected chi connectivity index (χ2v) is 6.60. The first-order valence-electron chi connectivity index (χ1n) is 9.79. The molecule has 0 bridgehead atoms. The third kappa shape index (κ3) is 5.41. The van der Waals surface area contributed by atoms with Gasteiger partial charge >= 0.3 is 5.97 Å². The fraction of sp³-hybridized carbons (Fsp3) is 0.217. The molecule has 0 radical (unpaired) electrons. The predicted octanol–water partition coefficient (Wildman–Crippen LogP) is 3.37. The Morgan fingerprint density at radius 3 is 2.37 bits per heavy atom. The lowest BCUT2D eigenvalue weighted by Gasteiger charge is -2.12. The van der Waals surface area contributed by atoms with Crippen molar-refractivity contribution in [3.05, 3.63) is 88.3 Å². The number of amides is 1. The van der Waals surface area contributed by atoms with E-state index < -0.39 is 11.5 Å². The van der Waals surface area contributed by atoms with E-state index in [-0.39, 0.29) is 30.3 Å². The van der Waals surface area contributed by atoms with E-state index in [4.69, 9.17) is 4.74 Å². The van der Waals surface area contributed by atoms with Gasteiger partial charge in [0.15, 0.2) is 5.69 Å². The van der Waals surface area contributed by atoms with Crippen LogP contribution in [0.4, 0.5) is 5.69 Å². The number of aromatic nitrogens is 2. The molecule has 3 aromatic rings. The number of ether oxygens (including phenoxy) is 1. The van der Waals surface area contributed by atoms with E-state index in [1.165, 1.54) is 6.07 Å². The predicted molar refractivity (Wildman–Crippen MR) is 114 cm³/mol. The standard InChI is InChI=1S/C23H23N3O4/c1-2-30-23(29)22-19(16-21(28)26(25-22)18-13-7-4-8-14-18)24-20(27)15-9-12-17-10-5-3-6-11-17/h3-8,10-11,13-14,16H,2,9,12,15H2,1H3,(H,24,27). The molecule has 0 fully saturated rings. The Hall–Kier alpha value is -3.74. The highest BCUT2D eigenvalue weighted by Crippen LogP contribution is 2.15. The van der Waals surface area contributed by atoms with Crippen molar-refractivity contribution in [1.29, 1.82) is 0 Å². The highest BCUT2D eigenvalue weighted by molar-refractivity contribution is 5.99. The second kappa shape index (κ2) is 10.2. The van der Waals surface area contributed by atoms with Crippen molar-refractivity contribution >= 4 is 17.6 Å². The minimum absolute atomic E-state index is 0.0512. The van der Waals surface area contributed by atoms with Gasteiger partial charge in [-0.25, -0.2) is 4.79 Å². The maximum absolute atomic E-state index is 12.6. The molecule has 1 heterocycles. The molecule has 7 heteroatoms. The van der Waals surface area contributed by atoms with E-state index in [1.54, 1.807) is 31.2 Å². The molecule has 0 spiro atoms. The number of rotatable bonds is 8. The van der Waals surface area contributed by atoms with Crippen LogP contribution in [0.5, 0.6) is 0 Å². The van der Waals surface area contributed by atoms with E-state index in [1.807, 2.05) is 36.4 Å². The summed E-state index contributed by atoms with van der Waals surface area (Å²) in [6.07, 6.45) is 1.64. The lowest BCUT2D eigenvalue weighted by Crippen LogP contribution is -2.27. The number of aryl methyl sites for hydroxylation is 1. The smallest absolute Gasteiger partial charge is 0.360 e. The Balaban J connectivity index is 1.78. The number of anilines is 1. The third-order valence-corrected chi connectivity index (χ3v) is 4.39. The molecule has 0 aliphatic rings. The van der Waals surface area contributed by atoms with Crippen molar-refractivity contribution in [3.8, 4) is 5.69 Å². The molecule has 3 rings (SSSR count). The number of hydrogen-bond acceptors (Lipinski definition) is 5. The Morgan fingerprint density at radius 2 is 1.70 bits per heavy atom. The average molecular weight is 405 g/mol. The minimum Gasteiger partial charge on any atom is -0.461 e. The zero-order valence-electron chi connectivity index (χ0n) is 16.7. The van der Waals surface area contributed by atoms with Crippen LogP contribution >= 0.6 is 0 Å². The molecule has 1 N–H and O–H groups in total. The van der Waals surface area contributed by atoms with Crippen molar-refractivity contribution < 1.29 is 14.3 Å². The van der Waals surface area contributed by atoms with E-state index in [9.17, 15) is 14.4 Å². The van der Waals surface area contributed by atoms with Crippen LogP contribution in [0.1, 0.15) is 35.8 Å². The van der Waals surface area contributed by atoms with Crippen molar-refractivity contribution in [1.82, 2.24) is 9.78 Å². The third-order valence-electron chi connectivity index (χ3n) is 4.39. The number of benzene rings is 2. The summed E-state index contributed by atoms with van der Waals surface area (Å²) in [6, 6.07) is 19.8. The first-order valence-corrected chi connectivity index (χ1v) is 9.79. The molecule has 1 amide bonds. The molecule has 0 atom stereocenters. The highest BCUT2D eigenvalue weighted by Gasteiger charge is 2.20. The number of hydrogen-bond donors (Lipinski definition) is 1. The van der Waals surface area contributed by atoms with E-state index in [2.05, 4.69) is 10.4 Å². The van der Waals surface area contributed by atoms with Crippen LogP contribution in [0, 0.1) is 0 Å². The number of carbonyl (C=O) groups excluding carboxylic acids is 2. The molecular weight excluding hydrogens is 382 g/mol. The van der Waals surface area contributed by atoms with Gasteiger partial charge in [0.25, 0.3) is 5.56 Å². The summed E-state index contributed by atoms with van der Waals surface area (Å²) in [4.78, 5) is 37.3. The quantitative estimate of drug-likeness (QED) is 0.580. The monoisotopic (exact) mass is 405 g/mol. The summed E-state index contributed by atoms with van der Waals surface area (Å²) in [5, 5.41) is 6.80. The van der Waals surface area contributed by atoms with Crippen LogP contribution in [0.15, 0.2) is 71.5 Å². The Kier molecular flexibility index (Phi) is 7.10. The van der Waals surface area contributed by atoms with Gasteiger partial charge in [0, 0.05) is 12.5 Å². The van der Waals surface area contributed by atoms with Crippen LogP contribution < -0.4 is 10.9 Å². The summed E-state index contributed by atoms with van der Waals surface area (Å²) in [7, 11) is 0. The SMILES string of the molecule is CCOC(=O)c1nn(-c2ccccc2)c(=O)cc1NC(=O)CCCc1ccccc1. The lowest BCUT2D eigenvalue weighted by atomic mass is 10.1. The molecule has 7 nitrogen and oxygen atoms in total. The van der Waals surface area contributed by atoms with Crippen LogP contribution in [0.25, 0.3) is 5.69 Å². The summed E-state index contributed by atoms with van der Waals surface area (Å²) in [5.41, 5.74) is 1.12. The van der Waals surface area contributed by atoms with Crippen molar-refractivity contribution in [2.24, 2.45) is 0 Å². The lowest BCUT2D eigenvalue weighted by molar-refractivity contribution is -0.116. The minimum atomic E-state index is -0.707. The fourth-order valence-electron chi connectivity index (χ4n) is 2.97. The van der Waals surface area contributed by atoms with Crippen molar-refractivity contribution in [3.63, 3.8) is 0 Å². The zero-order valence-corrected chi connectivity index (χ0v) is 16.7. The van der Waals surface area contributed by atoms with Crippen molar-refractivity contribution in [2.75, 3.05) is 11.9 Å². The zero-order chi connectivity index (χ0) is 21.3. The number of nitrogens with one attached hydrogen (secondary N) is 1. The van der Waals surface area contributed by atoms with Gasteiger partial charge in [-0.2, -0.15) is 9.78 Å². The van der Waals surface area contributed by atoms with Crippen molar-refractivity contribution in [2.45, 2.75) is 26.2 Å². The number of carbonyl (C=O) groups is 2. The molecule has 0 saturated carbocycles. The molecule has 2 aromatic carbocycles. The molecule has 0 saturated heterocycles. The average Bonchev–Trinajstić information content (AvgIpc) is 2.75. The van der Waals surface area contributed by atoms with Crippen LogP contribution in [0.2, 0.25) is 0 Å². The topological polar surface area (TPSA) is 90.3 Å². The largest absolute Gasteiger partial charge is 0.461 e. The second-order valence-electron chi connectivity index (χ2n) is 6.60. The summed E-state index contributed by atoms with van der Waals surface area (Å²) < 4.78 is 6.16. The van der Waals surface area contributed by atoms with Gasteiger partial charge in [-0.05, 0) is 37.5 Å². The Bertz CT molecular complexity index is 1060. The fourth-order valence-corrected chi connectivity index (χ4v) is 2.97. The van der Waals surface area contributed by atoms with E-state index in [0.29, 0.717) is 12.1 Å². The molecule has 30 heavy (non-hydrogen) atoms. The number of esters is 1. The van der Waals surface area contributed by atoms with Gasteiger partial charge in [-0.3, -0.25) is 9.59 Å². The van der Waals surface area contributed by atoms with Gasteiger partial charge in [-0.1, -0.05) is 48.5 Å². The molecule has 0 unspecified atom stereocenters. The normalized spacial score (nSPS) is 10.4. The summed E-state index contributed by atoms with van der Waals surface area (Å²) in [5.74, 6) is -1.00. The number of para-hydroxylation sites is 1. The van der Waals surface area contributed by atoms with Gasteiger partial charge in [0.1, 0.15) is 0 Å². The highest BCUT2D eigenvalue weighted by atomic mass is 16.5. The maximum Gasteiger partial charge on any atom is 0.360 e. The van der Waals surface area contributed by atoms with Gasteiger partial charge in [0.05, 0.1) is 18.0 Å². The summed E-state index contributed by atoms with van der Waals surface area (Å²) in [6.45, 7) is 1.82.